The number of hydrogen-bond donors (Lipinski definition) is 1. The second-order valence-electron chi connectivity index (χ2n) is 4.21. The molecule has 2 aromatic rings. The first-order valence-electron chi connectivity index (χ1n) is 5.67. The van der Waals surface area contributed by atoms with Crippen molar-refractivity contribution >= 4 is 43.5 Å². The van der Waals surface area contributed by atoms with E-state index in [1.807, 2.05) is 4.72 Å². The molecule has 0 aliphatic rings. The van der Waals surface area contributed by atoms with Crippen LogP contribution in [-0.4, -0.2) is 19.5 Å². The van der Waals surface area contributed by atoms with Crippen molar-refractivity contribution in [1.82, 2.24) is 9.88 Å². The van der Waals surface area contributed by atoms with Gasteiger partial charge >= 0.3 is 0 Å². The topological polar surface area (TPSA) is 89.3 Å². The van der Waals surface area contributed by atoms with Gasteiger partial charge in [0.15, 0.2) is 10.7 Å². The predicted octanol–water partition coefficient (Wildman–Crippen LogP) is 2.83. The maximum Gasteiger partial charge on any atom is 0.269 e. The summed E-state index contributed by atoms with van der Waals surface area (Å²) in [4.78, 5) is 12.0. The van der Waals surface area contributed by atoms with Crippen LogP contribution in [0.5, 0.6) is 0 Å². The first kappa shape index (κ1) is 16.0. The lowest BCUT2D eigenvalue weighted by atomic mass is 10.2. The van der Waals surface area contributed by atoms with E-state index >= 15 is 0 Å². The summed E-state index contributed by atoms with van der Waals surface area (Å²) in [6, 6.07) is 4.49. The number of rotatable bonds is 3. The van der Waals surface area contributed by atoms with Crippen molar-refractivity contribution in [3.05, 3.63) is 44.7 Å². The largest absolute Gasteiger partial charge is 0.360 e. The Morgan fingerprint density at radius 1 is 1.38 bits per heavy atom. The third-order valence-electron chi connectivity index (χ3n) is 2.64. The molecule has 0 aliphatic carbocycles. The zero-order valence-electron chi connectivity index (χ0n) is 11.0. The van der Waals surface area contributed by atoms with Gasteiger partial charge in [0, 0.05) is 9.50 Å². The Morgan fingerprint density at radius 3 is 2.62 bits per heavy atom. The summed E-state index contributed by atoms with van der Waals surface area (Å²) in [6.07, 6.45) is 0. The van der Waals surface area contributed by atoms with Gasteiger partial charge in [-0.1, -0.05) is 16.8 Å². The van der Waals surface area contributed by atoms with Crippen LogP contribution in [0.1, 0.15) is 21.8 Å². The van der Waals surface area contributed by atoms with Gasteiger partial charge in [0.2, 0.25) is 0 Å². The minimum Gasteiger partial charge on any atom is -0.360 e. The van der Waals surface area contributed by atoms with Crippen LogP contribution in [0.3, 0.4) is 0 Å². The predicted molar refractivity (Wildman–Crippen MR) is 79.8 cm³/mol. The molecule has 21 heavy (non-hydrogen) atoms. The van der Waals surface area contributed by atoms with E-state index in [0.29, 0.717) is 9.50 Å². The van der Waals surface area contributed by atoms with Crippen molar-refractivity contribution in [2.45, 2.75) is 18.7 Å². The van der Waals surface area contributed by atoms with E-state index in [9.17, 15) is 13.2 Å². The van der Waals surface area contributed by atoms with Crippen LogP contribution in [0.25, 0.3) is 0 Å². The molecular formula is C12H10BrClN2O4S. The molecule has 0 saturated carbocycles. The van der Waals surface area contributed by atoms with Gasteiger partial charge < -0.3 is 4.52 Å². The molecule has 1 heterocycles. The molecule has 1 N–H and O–H groups in total. The minimum atomic E-state index is -4.07. The SMILES string of the molecule is Cc1noc(C)c1S(=O)(=O)NC(=O)c1cc(Cl)ccc1Br. The number of sulfonamides is 1. The number of carbonyl (C=O) groups is 1. The number of aromatic nitrogens is 1. The first-order valence-corrected chi connectivity index (χ1v) is 8.33. The zero-order chi connectivity index (χ0) is 15.8. The van der Waals surface area contributed by atoms with Crippen molar-refractivity contribution in [1.29, 1.82) is 0 Å². The molecule has 0 fully saturated rings. The fraction of sp³-hybridized carbons (Fsp3) is 0.167. The molecule has 0 aliphatic heterocycles. The lowest BCUT2D eigenvalue weighted by molar-refractivity contribution is 0.0980. The highest BCUT2D eigenvalue weighted by Gasteiger charge is 2.27. The second kappa shape index (κ2) is 5.78. The fourth-order valence-electron chi connectivity index (χ4n) is 1.76. The van der Waals surface area contributed by atoms with E-state index in [1.165, 1.54) is 19.9 Å². The van der Waals surface area contributed by atoms with Crippen LogP contribution < -0.4 is 4.72 Å². The Bertz CT molecular complexity index is 797. The van der Waals surface area contributed by atoms with Gasteiger partial charge in [0.1, 0.15) is 5.69 Å². The third kappa shape index (κ3) is 3.28. The maximum atomic E-state index is 12.2. The fourth-order valence-corrected chi connectivity index (χ4v) is 3.65. The van der Waals surface area contributed by atoms with Crippen LogP contribution in [-0.2, 0) is 10.0 Å². The molecule has 112 valence electrons. The normalized spacial score (nSPS) is 11.4. The van der Waals surface area contributed by atoms with Gasteiger partial charge in [-0.2, -0.15) is 0 Å². The van der Waals surface area contributed by atoms with Gasteiger partial charge in [0.05, 0.1) is 5.56 Å². The van der Waals surface area contributed by atoms with Crippen LogP contribution in [0.4, 0.5) is 0 Å². The Kier molecular flexibility index (Phi) is 4.40. The van der Waals surface area contributed by atoms with Crippen molar-refractivity contribution in [2.75, 3.05) is 0 Å². The highest BCUT2D eigenvalue weighted by atomic mass is 79.9. The number of amides is 1. The number of benzene rings is 1. The molecule has 0 atom stereocenters. The second-order valence-corrected chi connectivity index (χ2v) is 7.12. The lowest BCUT2D eigenvalue weighted by Crippen LogP contribution is -2.31. The van der Waals surface area contributed by atoms with E-state index in [-0.39, 0.29) is 21.9 Å². The highest BCUT2D eigenvalue weighted by molar-refractivity contribution is 9.10. The number of aryl methyl sites for hydroxylation is 2. The number of carbonyl (C=O) groups excluding carboxylic acids is 1. The van der Waals surface area contributed by atoms with Crippen molar-refractivity contribution in [3.8, 4) is 0 Å². The molecule has 0 spiro atoms. The molecular weight excluding hydrogens is 384 g/mol. The highest BCUT2D eigenvalue weighted by Crippen LogP contribution is 2.23. The number of halogens is 2. The molecule has 6 nitrogen and oxygen atoms in total. The lowest BCUT2D eigenvalue weighted by Gasteiger charge is -2.08. The Morgan fingerprint density at radius 2 is 2.05 bits per heavy atom. The number of nitrogens with one attached hydrogen (secondary N) is 1. The quantitative estimate of drug-likeness (QED) is 0.866. The first-order chi connectivity index (χ1) is 9.72. The van der Waals surface area contributed by atoms with Crippen LogP contribution in [0.15, 0.2) is 32.1 Å². The van der Waals surface area contributed by atoms with Gasteiger partial charge in [0.25, 0.3) is 15.9 Å². The summed E-state index contributed by atoms with van der Waals surface area (Å²) in [7, 11) is -4.07. The molecule has 1 aromatic heterocycles. The standard InChI is InChI=1S/C12H10BrClN2O4S/c1-6-11(7(2)20-15-6)21(18,19)16-12(17)9-5-8(14)3-4-10(9)13/h3-5H,1-2H3,(H,16,17). The van der Waals surface area contributed by atoms with Gasteiger partial charge in [-0.3, -0.25) is 4.79 Å². The van der Waals surface area contributed by atoms with E-state index in [4.69, 9.17) is 16.1 Å². The molecule has 1 aromatic carbocycles. The average molecular weight is 394 g/mol. The number of hydrogen-bond acceptors (Lipinski definition) is 5. The van der Waals surface area contributed by atoms with Crippen LogP contribution >= 0.6 is 27.5 Å². The van der Waals surface area contributed by atoms with E-state index < -0.39 is 15.9 Å². The molecule has 1 amide bonds. The summed E-state index contributed by atoms with van der Waals surface area (Å²) in [5.74, 6) is -0.692. The number of nitrogens with zero attached hydrogens (tertiary/aromatic N) is 1. The molecule has 0 radical (unpaired) electrons. The molecule has 2 rings (SSSR count). The smallest absolute Gasteiger partial charge is 0.269 e. The monoisotopic (exact) mass is 392 g/mol. The molecule has 0 saturated heterocycles. The Labute approximate surface area is 134 Å². The van der Waals surface area contributed by atoms with Gasteiger partial charge in [-0.25, -0.2) is 13.1 Å². The minimum absolute atomic E-state index is 0.109. The van der Waals surface area contributed by atoms with E-state index in [1.54, 1.807) is 12.1 Å². The van der Waals surface area contributed by atoms with Gasteiger partial charge in [-0.05, 0) is 48.0 Å². The Hall–Kier alpha value is -1.38. The molecule has 9 heteroatoms. The van der Waals surface area contributed by atoms with Crippen molar-refractivity contribution in [3.63, 3.8) is 0 Å². The van der Waals surface area contributed by atoms with Gasteiger partial charge in [-0.15, -0.1) is 0 Å². The zero-order valence-corrected chi connectivity index (χ0v) is 14.1. The van der Waals surface area contributed by atoms with Crippen molar-refractivity contribution < 1.29 is 17.7 Å². The third-order valence-corrected chi connectivity index (χ3v) is 5.14. The molecule has 0 bridgehead atoms. The maximum absolute atomic E-state index is 12.2. The van der Waals surface area contributed by atoms with Crippen LogP contribution in [0, 0.1) is 13.8 Å². The summed E-state index contributed by atoms with van der Waals surface area (Å²) in [5.41, 5.74) is 0.288. The molecule has 0 unspecified atom stereocenters. The summed E-state index contributed by atoms with van der Waals surface area (Å²) < 4.78 is 31.7. The summed E-state index contributed by atoms with van der Waals surface area (Å²) in [6.45, 7) is 2.93. The van der Waals surface area contributed by atoms with E-state index in [0.717, 1.165) is 0 Å². The summed E-state index contributed by atoms with van der Waals surface area (Å²) in [5, 5.41) is 3.88. The van der Waals surface area contributed by atoms with Crippen LogP contribution in [0.2, 0.25) is 5.02 Å². The van der Waals surface area contributed by atoms with E-state index in [2.05, 4.69) is 21.1 Å². The Balaban J connectivity index is 2.37. The summed E-state index contributed by atoms with van der Waals surface area (Å²) >= 11 is 8.98. The van der Waals surface area contributed by atoms with Crippen molar-refractivity contribution in [2.24, 2.45) is 0 Å². The average Bonchev–Trinajstić information content (AvgIpc) is 2.72.